The number of hydrogen-bond donors (Lipinski definition) is 3. The number of halogens is 1. The summed E-state index contributed by atoms with van der Waals surface area (Å²) in [6.45, 7) is 6.03. The van der Waals surface area contributed by atoms with Gasteiger partial charge in [-0.25, -0.2) is 4.98 Å². The molecule has 0 aliphatic rings. The maximum Gasteiger partial charge on any atom is 0.237 e. The lowest BCUT2D eigenvalue weighted by Crippen LogP contribution is -2.48. The number of benzene rings is 1. The number of nitrogens with one attached hydrogen (secondary N) is 2. The predicted molar refractivity (Wildman–Crippen MR) is 94.9 cm³/mol. The third-order valence-electron chi connectivity index (χ3n) is 3.53. The minimum atomic E-state index is -0.577. The maximum atomic E-state index is 12.0. The fraction of sp³-hybridized carbons (Fsp3) is 0.438. The molecule has 132 valence electrons. The number of aromatic nitrogens is 3. The zero-order valence-corrected chi connectivity index (χ0v) is 15.1. The minimum Gasteiger partial charge on any atom is -0.497 e. The molecule has 1 aromatic carbocycles. The van der Waals surface area contributed by atoms with Crippen LogP contribution in [-0.2, 0) is 11.3 Å². The van der Waals surface area contributed by atoms with Gasteiger partial charge in [0.05, 0.1) is 19.7 Å². The van der Waals surface area contributed by atoms with E-state index in [1.54, 1.807) is 7.11 Å². The van der Waals surface area contributed by atoms with Crippen LogP contribution in [0.5, 0.6) is 5.75 Å². The Bertz CT molecular complexity index is 664. The molecule has 0 saturated carbocycles. The first-order valence-corrected chi connectivity index (χ1v) is 7.40. The summed E-state index contributed by atoms with van der Waals surface area (Å²) in [5.74, 6) is 1.70. The van der Waals surface area contributed by atoms with Crippen LogP contribution < -0.4 is 15.8 Å². The van der Waals surface area contributed by atoms with Crippen molar-refractivity contribution in [3.05, 3.63) is 30.1 Å². The monoisotopic (exact) mass is 353 g/mol. The van der Waals surface area contributed by atoms with Crippen molar-refractivity contribution in [2.45, 2.75) is 33.4 Å². The van der Waals surface area contributed by atoms with Crippen LogP contribution in [0.2, 0.25) is 0 Å². The Balaban J connectivity index is 0.00000288. The Morgan fingerprint density at radius 2 is 1.96 bits per heavy atom. The van der Waals surface area contributed by atoms with Crippen molar-refractivity contribution >= 4 is 18.3 Å². The molecular weight excluding hydrogens is 330 g/mol. The third-order valence-corrected chi connectivity index (χ3v) is 3.53. The number of H-pyrrole nitrogens is 1. The summed E-state index contributed by atoms with van der Waals surface area (Å²) in [5, 5.41) is 9.74. The average molecular weight is 354 g/mol. The van der Waals surface area contributed by atoms with E-state index in [0.717, 1.165) is 11.3 Å². The summed E-state index contributed by atoms with van der Waals surface area (Å²) in [6.07, 6.45) is 0. The number of carbonyl (C=O) groups excluding carboxylic acids is 1. The molecule has 0 radical (unpaired) electrons. The van der Waals surface area contributed by atoms with Gasteiger partial charge in [-0.2, -0.15) is 5.10 Å². The first kappa shape index (κ1) is 19.9. The molecule has 7 nitrogen and oxygen atoms in total. The lowest BCUT2D eigenvalue weighted by Gasteiger charge is -2.25. The molecule has 0 spiro atoms. The number of ether oxygens (including phenoxy) is 1. The Hall–Kier alpha value is -2.12. The molecule has 8 heteroatoms. The largest absolute Gasteiger partial charge is 0.497 e. The first-order chi connectivity index (χ1) is 10.8. The van der Waals surface area contributed by atoms with Gasteiger partial charge >= 0.3 is 0 Å². The summed E-state index contributed by atoms with van der Waals surface area (Å²) in [4.78, 5) is 16.4. The van der Waals surface area contributed by atoms with E-state index in [2.05, 4.69) is 20.5 Å². The van der Waals surface area contributed by atoms with Crippen LogP contribution in [0.3, 0.4) is 0 Å². The standard InChI is InChI=1S/C16H23N5O2.ClH/c1-16(2,3)13(17)15(22)18-9-12-19-14(21-20-12)10-5-7-11(23-4)8-6-10;/h5-8,13H,9,17H2,1-4H3,(H,18,22)(H,19,20,21);1H/t13-;/m1./s1. The van der Waals surface area contributed by atoms with Crippen LogP contribution in [0.15, 0.2) is 24.3 Å². The summed E-state index contributed by atoms with van der Waals surface area (Å²) in [6, 6.07) is 6.86. The van der Waals surface area contributed by atoms with Crippen LogP contribution in [0.1, 0.15) is 26.6 Å². The van der Waals surface area contributed by atoms with Crippen molar-refractivity contribution in [3.63, 3.8) is 0 Å². The SMILES string of the molecule is COc1ccc(-c2n[nH]c(CNC(=O)[C@@H](N)C(C)(C)C)n2)cc1.Cl. The van der Waals surface area contributed by atoms with Crippen molar-refractivity contribution in [2.75, 3.05) is 7.11 Å². The van der Waals surface area contributed by atoms with E-state index >= 15 is 0 Å². The predicted octanol–water partition coefficient (Wildman–Crippen LogP) is 1.89. The quantitative estimate of drug-likeness (QED) is 0.761. The summed E-state index contributed by atoms with van der Waals surface area (Å²) in [7, 11) is 1.62. The van der Waals surface area contributed by atoms with Gasteiger partial charge in [0.2, 0.25) is 5.91 Å². The zero-order chi connectivity index (χ0) is 17.0. The van der Waals surface area contributed by atoms with Crippen LogP contribution in [0, 0.1) is 5.41 Å². The molecular formula is C16H24ClN5O2. The topological polar surface area (TPSA) is 106 Å². The molecule has 1 aromatic heterocycles. The Labute approximate surface area is 147 Å². The van der Waals surface area contributed by atoms with Gasteiger partial charge in [0.25, 0.3) is 0 Å². The fourth-order valence-corrected chi connectivity index (χ4v) is 1.92. The van der Waals surface area contributed by atoms with Gasteiger partial charge in [-0.3, -0.25) is 9.89 Å². The number of methoxy groups -OCH3 is 1. The van der Waals surface area contributed by atoms with Gasteiger partial charge in [-0.15, -0.1) is 12.4 Å². The Kier molecular flexibility index (Phi) is 6.74. The minimum absolute atomic E-state index is 0. The van der Waals surface area contributed by atoms with Crippen molar-refractivity contribution in [1.82, 2.24) is 20.5 Å². The summed E-state index contributed by atoms with van der Waals surface area (Å²) in [5.41, 5.74) is 6.49. The first-order valence-electron chi connectivity index (χ1n) is 7.40. The van der Waals surface area contributed by atoms with E-state index in [9.17, 15) is 4.79 Å². The molecule has 0 unspecified atom stereocenters. The second-order valence-corrected chi connectivity index (χ2v) is 6.40. The van der Waals surface area contributed by atoms with Crippen LogP contribution in [0.4, 0.5) is 0 Å². The lowest BCUT2D eigenvalue weighted by atomic mass is 9.87. The molecule has 4 N–H and O–H groups in total. The molecule has 1 atom stereocenters. The Morgan fingerprint density at radius 1 is 1.33 bits per heavy atom. The van der Waals surface area contributed by atoms with Crippen molar-refractivity contribution in [3.8, 4) is 17.1 Å². The molecule has 2 rings (SSSR count). The van der Waals surface area contributed by atoms with E-state index in [4.69, 9.17) is 10.5 Å². The smallest absolute Gasteiger partial charge is 0.237 e. The van der Waals surface area contributed by atoms with Gasteiger partial charge < -0.3 is 15.8 Å². The van der Waals surface area contributed by atoms with E-state index in [0.29, 0.717) is 11.6 Å². The highest BCUT2D eigenvalue weighted by molar-refractivity contribution is 5.85. The van der Waals surface area contributed by atoms with Crippen LogP contribution in [0.25, 0.3) is 11.4 Å². The number of nitrogens with zero attached hydrogens (tertiary/aromatic N) is 2. The number of carbonyl (C=O) groups is 1. The number of aromatic amines is 1. The van der Waals surface area contributed by atoms with Crippen molar-refractivity contribution in [1.29, 1.82) is 0 Å². The lowest BCUT2D eigenvalue weighted by molar-refractivity contribution is -0.124. The second-order valence-electron chi connectivity index (χ2n) is 6.40. The van der Waals surface area contributed by atoms with E-state index in [1.165, 1.54) is 0 Å². The van der Waals surface area contributed by atoms with Gasteiger partial charge in [0.15, 0.2) is 5.82 Å². The molecule has 0 saturated heterocycles. The number of amides is 1. The van der Waals surface area contributed by atoms with Gasteiger partial charge in [0, 0.05) is 5.56 Å². The van der Waals surface area contributed by atoms with Gasteiger partial charge in [-0.05, 0) is 29.7 Å². The number of nitrogens with two attached hydrogens (primary N) is 1. The summed E-state index contributed by atoms with van der Waals surface area (Å²) >= 11 is 0. The molecule has 0 bridgehead atoms. The molecule has 0 aliphatic carbocycles. The highest BCUT2D eigenvalue weighted by atomic mass is 35.5. The average Bonchev–Trinajstić information content (AvgIpc) is 3.00. The summed E-state index contributed by atoms with van der Waals surface area (Å²) < 4.78 is 5.12. The van der Waals surface area contributed by atoms with Crippen molar-refractivity contribution < 1.29 is 9.53 Å². The molecule has 1 amide bonds. The zero-order valence-electron chi connectivity index (χ0n) is 14.3. The molecule has 24 heavy (non-hydrogen) atoms. The number of hydrogen-bond acceptors (Lipinski definition) is 5. The molecule has 0 aliphatic heterocycles. The fourth-order valence-electron chi connectivity index (χ4n) is 1.92. The highest BCUT2D eigenvalue weighted by Gasteiger charge is 2.27. The third kappa shape index (κ3) is 4.94. The highest BCUT2D eigenvalue weighted by Crippen LogP contribution is 2.19. The van der Waals surface area contributed by atoms with E-state index in [1.807, 2.05) is 45.0 Å². The van der Waals surface area contributed by atoms with E-state index < -0.39 is 6.04 Å². The van der Waals surface area contributed by atoms with Crippen LogP contribution >= 0.6 is 12.4 Å². The second kappa shape index (κ2) is 8.12. The number of rotatable bonds is 5. The molecule has 2 aromatic rings. The van der Waals surface area contributed by atoms with Crippen molar-refractivity contribution in [2.24, 2.45) is 11.1 Å². The normalized spacial score (nSPS) is 12.2. The maximum absolute atomic E-state index is 12.0. The van der Waals surface area contributed by atoms with Gasteiger partial charge in [-0.1, -0.05) is 20.8 Å². The van der Waals surface area contributed by atoms with Crippen LogP contribution in [-0.4, -0.2) is 34.2 Å². The molecule has 0 fully saturated rings. The van der Waals surface area contributed by atoms with E-state index in [-0.39, 0.29) is 30.3 Å². The Morgan fingerprint density at radius 3 is 2.50 bits per heavy atom. The molecule has 1 heterocycles. The van der Waals surface area contributed by atoms with Gasteiger partial charge in [0.1, 0.15) is 11.6 Å².